The van der Waals surface area contributed by atoms with E-state index in [0.717, 1.165) is 18.4 Å². The number of rotatable bonds is 4. The topological polar surface area (TPSA) is 29.5 Å². The van der Waals surface area contributed by atoms with Crippen molar-refractivity contribution < 1.29 is 13.9 Å². The van der Waals surface area contributed by atoms with Crippen LogP contribution in [0.3, 0.4) is 0 Å². The van der Waals surface area contributed by atoms with Crippen LogP contribution >= 0.6 is 23.2 Å². The maximum absolute atomic E-state index is 13.2. The highest BCUT2D eigenvalue weighted by Crippen LogP contribution is 2.24. The maximum atomic E-state index is 13.2. The van der Waals surface area contributed by atoms with Crippen molar-refractivity contribution in [2.75, 3.05) is 13.1 Å². The molecule has 3 nitrogen and oxygen atoms in total. The lowest BCUT2D eigenvalue weighted by Crippen LogP contribution is -2.43. The summed E-state index contributed by atoms with van der Waals surface area (Å²) >= 11 is 11.9. The van der Waals surface area contributed by atoms with E-state index in [1.54, 1.807) is 29.2 Å². The Hall–Kier alpha value is -1.62. The fourth-order valence-corrected chi connectivity index (χ4v) is 3.21. The second-order valence-corrected chi connectivity index (χ2v) is 6.90. The molecule has 0 spiro atoms. The Morgan fingerprint density at radius 2 is 2.04 bits per heavy atom. The molecule has 25 heavy (non-hydrogen) atoms. The lowest BCUT2D eigenvalue weighted by atomic mass is 10.1. The number of likely N-dealkylation sites (tertiary alicyclic amines) is 1. The van der Waals surface area contributed by atoms with E-state index in [-0.39, 0.29) is 17.8 Å². The molecule has 1 saturated heterocycles. The molecule has 0 saturated carbocycles. The fraction of sp³-hybridized carbons (Fsp3) is 0.316. The van der Waals surface area contributed by atoms with Crippen molar-refractivity contribution in [1.82, 2.24) is 4.90 Å². The highest BCUT2D eigenvalue weighted by atomic mass is 35.5. The Bertz CT molecular complexity index is 769. The molecule has 1 amide bonds. The minimum Gasteiger partial charge on any atom is -0.372 e. The molecule has 0 N–H and O–H groups in total. The summed E-state index contributed by atoms with van der Waals surface area (Å²) in [5, 5.41) is 0.789. The molecular formula is C19H18Cl2FNO2. The van der Waals surface area contributed by atoms with E-state index in [4.69, 9.17) is 27.9 Å². The summed E-state index contributed by atoms with van der Waals surface area (Å²) in [5.41, 5.74) is 1.30. The van der Waals surface area contributed by atoms with Gasteiger partial charge in [-0.3, -0.25) is 4.79 Å². The summed E-state index contributed by atoms with van der Waals surface area (Å²) in [6.45, 7) is 1.52. The van der Waals surface area contributed by atoms with Gasteiger partial charge in [0.25, 0.3) is 5.91 Å². The lowest BCUT2D eigenvalue weighted by molar-refractivity contribution is -0.00679. The van der Waals surface area contributed by atoms with Gasteiger partial charge in [-0.15, -0.1) is 0 Å². The molecule has 0 radical (unpaired) electrons. The van der Waals surface area contributed by atoms with Gasteiger partial charge in [0.05, 0.1) is 22.8 Å². The van der Waals surface area contributed by atoms with E-state index in [1.807, 2.05) is 6.07 Å². The van der Waals surface area contributed by atoms with Gasteiger partial charge in [0.1, 0.15) is 5.82 Å². The Balaban J connectivity index is 1.60. The number of ether oxygens (including phenoxy) is 1. The van der Waals surface area contributed by atoms with E-state index < -0.39 is 0 Å². The van der Waals surface area contributed by atoms with Gasteiger partial charge in [0, 0.05) is 18.7 Å². The molecule has 1 heterocycles. The van der Waals surface area contributed by atoms with Crippen molar-refractivity contribution in [3.05, 3.63) is 69.5 Å². The first-order chi connectivity index (χ1) is 12.0. The van der Waals surface area contributed by atoms with Crippen molar-refractivity contribution in [3.8, 4) is 0 Å². The van der Waals surface area contributed by atoms with Crippen molar-refractivity contribution >= 4 is 29.1 Å². The standard InChI is InChI=1S/C19H18Cl2FNO2/c20-17-7-6-14(10-18(17)21)19(24)23-8-2-5-16(11-23)25-12-13-3-1-4-15(22)9-13/h1,3-4,6-7,9-10,16H,2,5,8,11-12H2. The van der Waals surface area contributed by atoms with Crippen molar-refractivity contribution in [1.29, 1.82) is 0 Å². The van der Waals surface area contributed by atoms with Gasteiger partial charge < -0.3 is 9.64 Å². The van der Waals surface area contributed by atoms with Crippen LogP contribution in [0.25, 0.3) is 0 Å². The number of carbonyl (C=O) groups is 1. The van der Waals surface area contributed by atoms with Crippen molar-refractivity contribution in [2.24, 2.45) is 0 Å². The van der Waals surface area contributed by atoms with Gasteiger partial charge in [-0.1, -0.05) is 35.3 Å². The molecule has 132 valence electrons. The first kappa shape index (κ1) is 18.2. The molecule has 6 heteroatoms. The monoisotopic (exact) mass is 381 g/mol. The molecule has 1 atom stereocenters. The first-order valence-corrected chi connectivity index (χ1v) is 8.89. The van der Waals surface area contributed by atoms with Crippen LogP contribution in [-0.4, -0.2) is 30.0 Å². The zero-order valence-corrected chi connectivity index (χ0v) is 15.1. The van der Waals surface area contributed by atoms with Crippen LogP contribution in [-0.2, 0) is 11.3 Å². The van der Waals surface area contributed by atoms with Crippen LogP contribution < -0.4 is 0 Å². The number of amides is 1. The number of piperidine rings is 1. The minimum atomic E-state index is -0.277. The SMILES string of the molecule is O=C(c1ccc(Cl)c(Cl)c1)N1CCCC(OCc2cccc(F)c2)C1. The predicted octanol–water partition coefficient (Wildman–Crippen LogP) is 4.95. The summed E-state index contributed by atoms with van der Waals surface area (Å²) in [4.78, 5) is 14.4. The molecule has 2 aromatic rings. The van der Waals surface area contributed by atoms with Gasteiger partial charge >= 0.3 is 0 Å². The Morgan fingerprint density at radius 1 is 1.20 bits per heavy atom. The average Bonchev–Trinajstić information content (AvgIpc) is 2.62. The minimum absolute atomic E-state index is 0.0660. The summed E-state index contributed by atoms with van der Waals surface area (Å²) in [6.07, 6.45) is 1.67. The van der Waals surface area contributed by atoms with Gasteiger partial charge in [-0.25, -0.2) is 4.39 Å². The zero-order chi connectivity index (χ0) is 17.8. The molecule has 1 unspecified atom stereocenters. The van der Waals surface area contributed by atoms with Crippen LogP contribution in [0.4, 0.5) is 4.39 Å². The highest BCUT2D eigenvalue weighted by Gasteiger charge is 2.25. The quantitative estimate of drug-likeness (QED) is 0.749. The Morgan fingerprint density at radius 3 is 2.80 bits per heavy atom. The van der Waals surface area contributed by atoms with Gasteiger partial charge in [0.2, 0.25) is 0 Å². The number of nitrogens with zero attached hydrogens (tertiary/aromatic N) is 1. The molecule has 1 fully saturated rings. The third-order valence-corrected chi connectivity index (χ3v) is 4.95. The van der Waals surface area contributed by atoms with E-state index >= 15 is 0 Å². The molecule has 0 aromatic heterocycles. The normalized spacial score (nSPS) is 17.6. The van der Waals surface area contributed by atoms with E-state index in [2.05, 4.69) is 0 Å². The summed E-state index contributed by atoms with van der Waals surface area (Å²) < 4.78 is 19.1. The van der Waals surface area contributed by atoms with Crippen LogP contribution in [0.2, 0.25) is 10.0 Å². The van der Waals surface area contributed by atoms with E-state index in [1.165, 1.54) is 12.1 Å². The molecule has 0 bridgehead atoms. The third kappa shape index (κ3) is 4.72. The highest BCUT2D eigenvalue weighted by molar-refractivity contribution is 6.42. The van der Waals surface area contributed by atoms with E-state index in [9.17, 15) is 9.18 Å². The van der Waals surface area contributed by atoms with Crippen LogP contribution in [0.5, 0.6) is 0 Å². The molecule has 3 rings (SSSR count). The van der Waals surface area contributed by atoms with Crippen LogP contribution in [0.1, 0.15) is 28.8 Å². The van der Waals surface area contributed by atoms with Gasteiger partial charge in [-0.2, -0.15) is 0 Å². The summed E-state index contributed by atoms with van der Waals surface area (Å²) in [6, 6.07) is 11.2. The maximum Gasteiger partial charge on any atom is 0.253 e. The summed E-state index contributed by atoms with van der Waals surface area (Å²) in [7, 11) is 0. The van der Waals surface area contributed by atoms with Crippen molar-refractivity contribution in [3.63, 3.8) is 0 Å². The number of hydrogen-bond donors (Lipinski definition) is 0. The molecular weight excluding hydrogens is 364 g/mol. The number of hydrogen-bond acceptors (Lipinski definition) is 2. The predicted molar refractivity (Wildman–Crippen MR) is 96.6 cm³/mol. The third-order valence-electron chi connectivity index (χ3n) is 4.21. The first-order valence-electron chi connectivity index (χ1n) is 8.13. The fourth-order valence-electron chi connectivity index (χ4n) is 2.91. The van der Waals surface area contributed by atoms with E-state index in [0.29, 0.717) is 35.3 Å². The van der Waals surface area contributed by atoms with Crippen LogP contribution in [0.15, 0.2) is 42.5 Å². The van der Waals surface area contributed by atoms with Gasteiger partial charge in [-0.05, 0) is 48.7 Å². The molecule has 2 aromatic carbocycles. The second-order valence-electron chi connectivity index (χ2n) is 6.09. The molecule has 1 aliphatic heterocycles. The largest absolute Gasteiger partial charge is 0.372 e. The Kier molecular flexibility index (Phi) is 5.94. The Labute approximate surface area is 156 Å². The smallest absolute Gasteiger partial charge is 0.253 e. The van der Waals surface area contributed by atoms with Gasteiger partial charge in [0.15, 0.2) is 0 Å². The number of halogens is 3. The molecule has 0 aliphatic carbocycles. The number of benzene rings is 2. The molecule has 1 aliphatic rings. The summed E-state index contributed by atoms with van der Waals surface area (Å²) in [5.74, 6) is -0.362. The van der Waals surface area contributed by atoms with Crippen LogP contribution in [0, 0.1) is 5.82 Å². The number of carbonyl (C=O) groups excluding carboxylic acids is 1. The lowest BCUT2D eigenvalue weighted by Gasteiger charge is -2.32. The average molecular weight is 382 g/mol. The second kappa shape index (κ2) is 8.17. The zero-order valence-electron chi connectivity index (χ0n) is 13.6. The van der Waals surface area contributed by atoms with Crippen molar-refractivity contribution in [2.45, 2.75) is 25.6 Å².